The highest BCUT2D eigenvalue weighted by molar-refractivity contribution is 6.00. The van der Waals surface area contributed by atoms with Crippen molar-refractivity contribution in [3.63, 3.8) is 0 Å². The first-order chi connectivity index (χ1) is 45.7. The first-order valence-corrected chi connectivity index (χ1v) is 31.7. The summed E-state index contributed by atoms with van der Waals surface area (Å²) in [5, 5.41) is 85.0. The van der Waals surface area contributed by atoms with Crippen LogP contribution in [0, 0.1) is 5.92 Å². The van der Waals surface area contributed by atoms with Crippen LogP contribution >= 0.6 is 0 Å². The summed E-state index contributed by atoms with van der Waals surface area (Å²) in [4.78, 5) is 188. The van der Waals surface area contributed by atoms with Crippen molar-refractivity contribution in [2.45, 2.75) is 203 Å². The maximum Gasteiger partial charge on any atom is 0.326 e. The largest absolute Gasteiger partial charge is 0.508 e. The number of hydrogen-bond acceptors (Lipinski definition) is 21. The van der Waals surface area contributed by atoms with E-state index in [0.29, 0.717) is 31.2 Å². The molecule has 0 saturated heterocycles. The van der Waals surface area contributed by atoms with Crippen molar-refractivity contribution in [1.29, 1.82) is 0 Å². The number of unbranched alkanes of at least 4 members (excludes halogenated alkanes) is 3. The molecule has 0 aromatic heterocycles. The van der Waals surface area contributed by atoms with Gasteiger partial charge in [0.1, 0.15) is 66.2 Å². The van der Waals surface area contributed by atoms with Crippen molar-refractivity contribution < 1.29 is 97.8 Å². The molecule has 13 atom stereocenters. The zero-order chi connectivity index (χ0) is 73.1. The molecular formula is C62H97N15O20. The van der Waals surface area contributed by atoms with Crippen LogP contribution in [0.15, 0.2) is 54.6 Å². The number of phenolic OH excluding ortho intramolecular Hbond substituents is 1. The monoisotopic (exact) mass is 1370 g/mol. The Morgan fingerprint density at radius 1 is 0.392 bits per heavy atom. The summed E-state index contributed by atoms with van der Waals surface area (Å²) in [6, 6.07) is -5.61. The van der Waals surface area contributed by atoms with Crippen LogP contribution in [0.2, 0.25) is 0 Å². The molecule has 540 valence electrons. The minimum Gasteiger partial charge on any atom is -0.508 e. The number of carboxylic acids is 3. The summed E-state index contributed by atoms with van der Waals surface area (Å²) < 4.78 is 0. The van der Waals surface area contributed by atoms with Crippen molar-refractivity contribution >= 4 is 82.9 Å². The van der Waals surface area contributed by atoms with Crippen LogP contribution in [0.5, 0.6) is 5.75 Å². The van der Waals surface area contributed by atoms with E-state index >= 15 is 0 Å². The van der Waals surface area contributed by atoms with Gasteiger partial charge in [-0.25, -0.2) is 4.79 Å². The third kappa shape index (κ3) is 31.8. The number of rotatable bonds is 47. The summed E-state index contributed by atoms with van der Waals surface area (Å²) in [5.74, 6) is -17.7. The number of aliphatic carboxylic acids is 3. The summed E-state index contributed by atoms with van der Waals surface area (Å²) in [7, 11) is 0. The maximum atomic E-state index is 14.4. The molecule has 0 bridgehead atoms. The Balaban J connectivity index is 2.57. The number of benzene rings is 2. The topological polar surface area (TPSA) is 611 Å². The number of hydrogen-bond donors (Lipinski definition) is 21. The highest BCUT2D eigenvalue weighted by Gasteiger charge is 2.39. The first-order valence-electron chi connectivity index (χ1n) is 31.7. The summed E-state index contributed by atoms with van der Waals surface area (Å²) in [6.45, 7) is 6.05. The van der Waals surface area contributed by atoms with E-state index in [2.05, 4.69) is 53.2 Å². The molecule has 35 heteroatoms. The number of nitrogens with one attached hydrogen (secondary N) is 10. The number of aliphatic hydroxyl groups excluding tert-OH is 2. The van der Waals surface area contributed by atoms with Crippen LogP contribution in [0.1, 0.15) is 122 Å². The van der Waals surface area contributed by atoms with E-state index in [1.165, 1.54) is 24.3 Å². The van der Waals surface area contributed by atoms with Gasteiger partial charge in [-0.1, -0.05) is 56.3 Å². The molecule has 26 N–H and O–H groups in total. The van der Waals surface area contributed by atoms with Crippen LogP contribution in [0.25, 0.3) is 0 Å². The molecule has 2 aromatic rings. The molecule has 0 radical (unpaired) electrons. The zero-order valence-corrected chi connectivity index (χ0v) is 54.8. The van der Waals surface area contributed by atoms with Crippen molar-refractivity contribution in [3.05, 3.63) is 65.7 Å². The summed E-state index contributed by atoms with van der Waals surface area (Å²) in [5.41, 5.74) is 28.5. The normalized spacial score (nSPS) is 15.2. The average molecular weight is 1370 g/mol. The first kappa shape index (κ1) is 83.7. The van der Waals surface area contributed by atoms with Gasteiger partial charge in [0.25, 0.3) is 0 Å². The molecule has 35 nitrogen and oxygen atoms in total. The molecule has 2 aromatic carbocycles. The second-order valence-corrected chi connectivity index (χ2v) is 23.8. The van der Waals surface area contributed by atoms with E-state index in [0.717, 1.165) is 13.8 Å². The fourth-order valence-corrected chi connectivity index (χ4v) is 9.67. The Hall–Kier alpha value is -9.42. The van der Waals surface area contributed by atoms with Gasteiger partial charge in [-0.15, -0.1) is 0 Å². The van der Waals surface area contributed by atoms with Gasteiger partial charge < -0.3 is 112 Å². The lowest BCUT2D eigenvalue weighted by Gasteiger charge is -2.29. The lowest BCUT2D eigenvalue weighted by atomic mass is 10.0. The van der Waals surface area contributed by atoms with Gasteiger partial charge in [-0.2, -0.15) is 0 Å². The van der Waals surface area contributed by atoms with Crippen LogP contribution in [-0.2, 0) is 80.0 Å². The molecule has 0 aliphatic heterocycles. The van der Waals surface area contributed by atoms with E-state index in [1.807, 2.05) is 0 Å². The number of amides is 11. The molecule has 2 rings (SSSR count). The number of aliphatic hydroxyl groups is 2. The third-order valence-electron chi connectivity index (χ3n) is 14.9. The van der Waals surface area contributed by atoms with Crippen molar-refractivity contribution in [2.75, 3.05) is 19.6 Å². The highest BCUT2D eigenvalue weighted by Crippen LogP contribution is 2.15. The van der Waals surface area contributed by atoms with E-state index < -0.39 is 193 Å². The van der Waals surface area contributed by atoms with E-state index in [1.54, 1.807) is 44.2 Å². The Morgan fingerprint density at radius 3 is 1.10 bits per heavy atom. The predicted molar refractivity (Wildman–Crippen MR) is 347 cm³/mol. The number of nitrogens with two attached hydrogens (primary N) is 5. The fourth-order valence-electron chi connectivity index (χ4n) is 9.67. The Bertz CT molecular complexity index is 2960. The molecular weight excluding hydrogens is 1270 g/mol. The second-order valence-electron chi connectivity index (χ2n) is 23.8. The number of phenols is 1. The van der Waals surface area contributed by atoms with E-state index in [4.69, 9.17) is 28.7 Å². The molecule has 0 aliphatic rings. The van der Waals surface area contributed by atoms with Gasteiger partial charge in [-0.3, -0.25) is 62.3 Å². The molecule has 0 heterocycles. The number of aromatic hydroxyl groups is 1. The maximum absolute atomic E-state index is 14.4. The van der Waals surface area contributed by atoms with Gasteiger partial charge in [-0.05, 0) is 127 Å². The molecule has 0 spiro atoms. The van der Waals surface area contributed by atoms with Crippen molar-refractivity contribution in [2.24, 2.45) is 34.6 Å². The molecule has 0 fully saturated rings. The van der Waals surface area contributed by atoms with Crippen molar-refractivity contribution in [1.82, 2.24) is 53.2 Å². The quantitative estimate of drug-likeness (QED) is 0.0275. The van der Waals surface area contributed by atoms with Crippen molar-refractivity contribution in [3.8, 4) is 5.75 Å². The highest BCUT2D eigenvalue weighted by atomic mass is 16.4. The molecule has 0 aliphatic carbocycles. The average Bonchev–Trinajstić information content (AvgIpc) is 0.867. The number of carbonyl (C=O) groups excluding carboxylic acids is 11. The number of primary amides is 1. The van der Waals surface area contributed by atoms with Gasteiger partial charge in [0, 0.05) is 12.8 Å². The van der Waals surface area contributed by atoms with Gasteiger partial charge in [0.2, 0.25) is 65.0 Å². The van der Waals surface area contributed by atoms with Gasteiger partial charge in [0.15, 0.2) is 0 Å². The lowest BCUT2D eigenvalue weighted by molar-refractivity contribution is -0.143. The molecule has 0 saturated carbocycles. The molecule has 11 amide bonds. The van der Waals surface area contributed by atoms with Crippen LogP contribution in [-0.4, -0.2) is 212 Å². The Morgan fingerprint density at radius 2 is 0.722 bits per heavy atom. The summed E-state index contributed by atoms with van der Waals surface area (Å²) >= 11 is 0. The second kappa shape index (κ2) is 43.6. The van der Waals surface area contributed by atoms with Gasteiger partial charge >= 0.3 is 17.9 Å². The zero-order valence-electron chi connectivity index (χ0n) is 54.8. The number of carboxylic acid groups (broad SMARTS) is 3. The van der Waals surface area contributed by atoms with Gasteiger partial charge in [0.05, 0.1) is 37.5 Å². The lowest BCUT2D eigenvalue weighted by Crippen LogP contribution is -2.62. The van der Waals surface area contributed by atoms with Crippen LogP contribution in [0.4, 0.5) is 0 Å². The SMILES string of the molecule is CC(C)C[C@H](NC(=O)[C@H](CC(=O)O)NC(=O)[C@H](Cc1ccc(O)cc1)NC(=O)[C@@H](NC(=O)[C@H](CCCCN)NC(=O)[C@@H](N)CC(N)=O)[C@@H](C)O)C(=O)N[C@@H](CC(=O)O)C(=O)N[C@@H](Cc1ccccc1)C(=O)N[C@@H](CCCCN)C(=O)N[C@H](C(=O)N[C@@H](CCCCN)C(=O)O)[C@@H](C)O. The molecule has 97 heavy (non-hydrogen) atoms. The Labute approximate surface area is 560 Å². The Kier molecular flexibility index (Phi) is 37.6. The number of carbonyl (C=O) groups is 14. The van der Waals surface area contributed by atoms with E-state index in [-0.39, 0.29) is 75.9 Å². The third-order valence-corrected chi connectivity index (χ3v) is 14.9. The predicted octanol–water partition coefficient (Wildman–Crippen LogP) is -5.54. The summed E-state index contributed by atoms with van der Waals surface area (Å²) in [6.07, 6.45) is -5.58. The van der Waals surface area contributed by atoms with E-state index in [9.17, 15) is 97.8 Å². The van der Waals surface area contributed by atoms with Crippen LogP contribution in [0.3, 0.4) is 0 Å². The fraction of sp³-hybridized carbons (Fsp3) is 0.581. The minimum absolute atomic E-state index is 0.0291. The minimum atomic E-state index is -2.08. The smallest absolute Gasteiger partial charge is 0.326 e. The standard InChI is InChI=1S/C62H97N15O20/c1-32(2)26-42(71-58(92)45(30-48(82)83)74-57(91)44(28-36-19-21-37(80)22-20-36)75-61(95)51(34(4)79)77-53(87)39(16-8-11-23-63)68-52(86)38(66)29-47(67)81)55(89)73-46(31-49(84)85)59(93)72-43(27-35-14-6-5-7-15-35)56(90)69-40(17-9-12-24-64)54(88)76-50(33(3)78)60(94)70-41(62(96)97)18-10-13-25-65/h5-7,14-15,19-22,32-34,38-46,50-51,78-80H,8-13,16-18,23-31,63-66H2,1-4H3,(H2,67,81)(H,68,86)(H,69,90)(H,70,94)(H,71,92)(H,72,93)(H,73,89)(H,74,91)(H,75,95)(H,76,88)(H,77,87)(H,82,83)(H,84,85)(H,96,97)/t33-,34-,38+,39+,40+,41+,42+,43+,44+,45+,46+,50+,51+/m1/s1. The molecule has 0 unspecified atom stereocenters. The van der Waals surface area contributed by atoms with Crippen LogP contribution < -0.4 is 81.8 Å².